The first-order chi connectivity index (χ1) is 7.79. The highest BCUT2D eigenvalue weighted by Gasteiger charge is 2.03. The van der Waals surface area contributed by atoms with Crippen molar-refractivity contribution in [3.63, 3.8) is 0 Å². The maximum atomic E-state index is 4.98. The normalized spacial score (nSPS) is 19.9. The van der Waals surface area contributed by atoms with E-state index < -0.39 is 0 Å². The predicted molar refractivity (Wildman–Crippen MR) is 71.6 cm³/mol. The topological polar surface area (TPSA) is 27.7 Å². The minimum Gasteiger partial charge on any atom is -0.365 e. The monoisotopic (exact) mass is 233 g/mol. The number of nitrogens with one attached hydrogen (secondary N) is 1. The van der Waals surface area contributed by atoms with E-state index in [0.29, 0.717) is 0 Å². The van der Waals surface area contributed by atoms with Crippen molar-refractivity contribution < 1.29 is 4.74 Å². The lowest BCUT2D eigenvalue weighted by Crippen LogP contribution is -2.15. The summed E-state index contributed by atoms with van der Waals surface area (Å²) >= 11 is 0. The average Bonchev–Trinajstić information content (AvgIpc) is 2.98. The molecule has 4 nitrogen and oxygen atoms in total. The molecule has 100 valence electrons. The molecule has 0 amide bonds. The lowest BCUT2D eigenvalue weighted by atomic mass is 10.7. The van der Waals surface area contributed by atoms with Crippen LogP contribution in [0.5, 0.6) is 0 Å². The Balaban J connectivity index is 0. The van der Waals surface area contributed by atoms with Gasteiger partial charge in [0.15, 0.2) is 0 Å². The zero-order valence-corrected chi connectivity index (χ0v) is 12.0. The van der Waals surface area contributed by atoms with Gasteiger partial charge in [-0.05, 0) is 14.1 Å². The molecule has 2 aliphatic heterocycles. The second kappa shape index (κ2) is 14.8. The summed E-state index contributed by atoms with van der Waals surface area (Å²) in [6.45, 7) is 14.3. The number of rotatable bonds is 0. The van der Waals surface area contributed by atoms with Crippen molar-refractivity contribution in [2.24, 2.45) is 0 Å². The van der Waals surface area contributed by atoms with Gasteiger partial charge in [0.25, 0.3) is 0 Å². The zero-order valence-electron chi connectivity index (χ0n) is 12.0. The van der Waals surface area contributed by atoms with Crippen LogP contribution in [0, 0.1) is 0 Å². The minimum atomic E-state index is 0.819. The fraction of sp³-hybridized carbons (Fsp3) is 1.00. The molecular formula is C12H31N3O. The Hall–Kier alpha value is -0.160. The molecule has 1 N–H and O–H groups in total. The van der Waals surface area contributed by atoms with Crippen molar-refractivity contribution in [3.05, 3.63) is 0 Å². The quantitative estimate of drug-likeness (QED) is 0.685. The molecule has 2 heterocycles. The van der Waals surface area contributed by atoms with Crippen molar-refractivity contribution in [3.8, 4) is 0 Å². The zero-order chi connectivity index (χ0) is 12.8. The SMILES string of the molecule is CC.CC.CN1CCNC1.CN1CCOC1. The van der Waals surface area contributed by atoms with Gasteiger partial charge in [-0.2, -0.15) is 0 Å². The third-order valence-corrected chi connectivity index (χ3v) is 1.98. The summed E-state index contributed by atoms with van der Waals surface area (Å²) in [6.07, 6.45) is 0. The van der Waals surface area contributed by atoms with Crippen LogP contribution < -0.4 is 5.32 Å². The van der Waals surface area contributed by atoms with Crippen LogP contribution in [0.25, 0.3) is 0 Å². The Kier molecular flexibility index (Phi) is 16.9. The van der Waals surface area contributed by atoms with Crippen LogP contribution >= 0.6 is 0 Å². The molecule has 0 atom stereocenters. The molecule has 0 spiro atoms. The highest BCUT2D eigenvalue weighted by molar-refractivity contribution is 4.59. The predicted octanol–water partition coefficient (Wildman–Crippen LogP) is 1.44. The van der Waals surface area contributed by atoms with Crippen molar-refractivity contribution in [1.29, 1.82) is 0 Å². The van der Waals surface area contributed by atoms with Gasteiger partial charge in [-0.1, -0.05) is 27.7 Å². The number of nitrogens with zero attached hydrogens (tertiary/aromatic N) is 2. The van der Waals surface area contributed by atoms with Crippen LogP contribution in [0.4, 0.5) is 0 Å². The number of hydrogen-bond acceptors (Lipinski definition) is 4. The first kappa shape index (κ1) is 18.2. The van der Waals surface area contributed by atoms with Crippen molar-refractivity contribution in [2.45, 2.75) is 27.7 Å². The van der Waals surface area contributed by atoms with E-state index in [0.717, 1.165) is 33.1 Å². The molecule has 4 heteroatoms. The van der Waals surface area contributed by atoms with Gasteiger partial charge in [0.2, 0.25) is 0 Å². The van der Waals surface area contributed by atoms with E-state index in [-0.39, 0.29) is 0 Å². The van der Waals surface area contributed by atoms with Crippen LogP contribution in [0.2, 0.25) is 0 Å². The first-order valence-corrected chi connectivity index (χ1v) is 6.44. The Morgan fingerprint density at radius 2 is 1.56 bits per heavy atom. The van der Waals surface area contributed by atoms with E-state index >= 15 is 0 Å². The number of hydrogen-bond donors (Lipinski definition) is 1. The molecule has 2 rings (SSSR count). The summed E-state index contributed by atoms with van der Waals surface area (Å²) in [4.78, 5) is 4.39. The van der Waals surface area contributed by atoms with E-state index in [9.17, 15) is 0 Å². The standard InChI is InChI=1S/C4H10N2.C4H9NO.2C2H6/c1-6-3-2-5-4-6;1-5-2-3-6-4-5;2*1-2/h5H,2-4H2,1H3;2-4H2,1H3;2*1-2H3. The van der Waals surface area contributed by atoms with Crippen LogP contribution in [-0.4, -0.2) is 63.5 Å². The van der Waals surface area contributed by atoms with Crippen LogP contribution in [0.15, 0.2) is 0 Å². The number of ether oxygens (including phenoxy) is 1. The average molecular weight is 233 g/mol. The largest absolute Gasteiger partial charge is 0.365 e. The van der Waals surface area contributed by atoms with E-state index in [4.69, 9.17) is 4.74 Å². The fourth-order valence-electron chi connectivity index (χ4n) is 1.12. The molecule has 0 radical (unpaired) electrons. The maximum Gasteiger partial charge on any atom is 0.0989 e. The van der Waals surface area contributed by atoms with E-state index in [2.05, 4.69) is 22.2 Å². The Morgan fingerprint density at radius 3 is 1.69 bits per heavy atom. The van der Waals surface area contributed by atoms with Gasteiger partial charge in [-0.15, -0.1) is 0 Å². The Morgan fingerprint density at radius 1 is 0.938 bits per heavy atom. The van der Waals surface area contributed by atoms with Crippen LogP contribution in [0.1, 0.15) is 27.7 Å². The Bertz CT molecular complexity index is 96.8. The molecular weight excluding hydrogens is 202 g/mol. The van der Waals surface area contributed by atoms with Gasteiger partial charge in [-0.25, -0.2) is 0 Å². The summed E-state index contributed by atoms with van der Waals surface area (Å²) < 4.78 is 4.98. The van der Waals surface area contributed by atoms with Crippen molar-refractivity contribution >= 4 is 0 Å². The van der Waals surface area contributed by atoms with Gasteiger partial charge in [0.05, 0.1) is 13.3 Å². The van der Waals surface area contributed by atoms with Gasteiger partial charge >= 0.3 is 0 Å². The molecule has 0 bridgehead atoms. The van der Waals surface area contributed by atoms with Gasteiger partial charge in [0, 0.05) is 26.3 Å². The molecule has 16 heavy (non-hydrogen) atoms. The summed E-state index contributed by atoms with van der Waals surface area (Å²) in [6, 6.07) is 0. The molecule has 0 aromatic carbocycles. The minimum absolute atomic E-state index is 0.819. The highest BCUT2D eigenvalue weighted by atomic mass is 16.5. The molecule has 0 aliphatic carbocycles. The van der Waals surface area contributed by atoms with E-state index in [1.54, 1.807) is 0 Å². The smallest absolute Gasteiger partial charge is 0.0989 e. The highest BCUT2D eigenvalue weighted by Crippen LogP contribution is 1.91. The van der Waals surface area contributed by atoms with Gasteiger partial charge < -0.3 is 10.1 Å². The summed E-state index contributed by atoms with van der Waals surface area (Å²) in [5.41, 5.74) is 0. The van der Waals surface area contributed by atoms with E-state index in [1.165, 1.54) is 6.54 Å². The molecule has 0 unspecified atom stereocenters. The molecule has 0 saturated carbocycles. The summed E-state index contributed by atoms with van der Waals surface area (Å²) in [5, 5.41) is 3.20. The third kappa shape index (κ3) is 11.9. The second-order valence-corrected chi connectivity index (χ2v) is 3.35. The van der Waals surface area contributed by atoms with Crippen molar-refractivity contribution in [1.82, 2.24) is 15.1 Å². The first-order valence-electron chi connectivity index (χ1n) is 6.44. The van der Waals surface area contributed by atoms with Crippen LogP contribution in [0.3, 0.4) is 0 Å². The van der Waals surface area contributed by atoms with Gasteiger partial charge in [0.1, 0.15) is 0 Å². The summed E-state index contributed by atoms with van der Waals surface area (Å²) in [5.74, 6) is 0. The molecule has 0 aromatic rings. The van der Waals surface area contributed by atoms with Gasteiger partial charge in [-0.3, -0.25) is 9.80 Å². The third-order valence-electron chi connectivity index (χ3n) is 1.98. The fourth-order valence-corrected chi connectivity index (χ4v) is 1.12. The number of likely N-dealkylation sites (N-methyl/N-ethyl adjacent to an activating group) is 2. The molecule has 2 saturated heterocycles. The second-order valence-electron chi connectivity index (χ2n) is 3.35. The maximum absolute atomic E-state index is 4.98. The molecule has 2 aliphatic rings. The lowest BCUT2D eigenvalue weighted by molar-refractivity contribution is 0.154. The van der Waals surface area contributed by atoms with E-state index in [1.807, 2.05) is 34.7 Å². The molecule has 0 aromatic heterocycles. The molecule has 2 fully saturated rings. The van der Waals surface area contributed by atoms with Crippen molar-refractivity contribution in [2.75, 3.05) is 53.7 Å². The summed E-state index contributed by atoms with van der Waals surface area (Å²) in [7, 11) is 4.16. The lowest BCUT2D eigenvalue weighted by Gasteiger charge is -1.99. The van der Waals surface area contributed by atoms with Crippen LogP contribution in [-0.2, 0) is 4.74 Å². The Labute approximate surface area is 102 Å².